The Kier molecular flexibility index (Phi) is 7.13. The first-order valence-electron chi connectivity index (χ1n) is 9.82. The van der Waals surface area contributed by atoms with Gasteiger partial charge in [0.05, 0.1) is 28.4 Å². The molecule has 0 amide bonds. The Hall–Kier alpha value is -2.29. The molecule has 31 heavy (non-hydrogen) atoms. The van der Waals surface area contributed by atoms with Gasteiger partial charge in [-0.15, -0.1) is 0 Å². The van der Waals surface area contributed by atoms with Crippen molar-refractivity contribution in [2.24, 2.45) is 5.92 Å². The molecule has 0 aliphatic rings. The molecule has 0 fully saturated rings. The molecule has 2 aromatic carbocycles. The SMILES string of the molecule is COc1ccc(-c2sc(NC(C)C(C)C)nc2C)cc1S(=O)(=O)Nc1ccccc1Cl. The van der Waals surface area contributed by atoms with E-state index < -0.39 is 10.0 Å². The molecule has 9 heteroatoms. The predicted molar refractivity (Wildman–Crippen MR) is 129 cm³/mol. The molecule has 1 aromatic heterocycles. The summed E-state index contributed by atoms with van der Waals surface area (Å²) in [6, 6.07) is 12.0. The number of hydrogen-bond donors (Lipinski definition) is 2. The average Bonchev–Trinajstić information content (AvgIpc) is 3.09. The molecular formula is C22H26ClN3O3S2. The largest absolute Gasteiger partial charge is 0.495 e. The number of aromatic nitrogens is 1. The van der Waals surface area contributed by atoms with E-state index in [0.717, 1.165) is 21.3 Å². The van der Waals surface area contributed by atoms with E-state index in [0.29, 0.717) is 16.6 Å². The number of rotatable bonds is 8. The van der Waals surface area contributed by atoms with Crippen molar-refractivity contribution in [2.45, 2.75) is 38.6 Å². The van der Waals surface area contributed by atoms with Crippen LogP contribution in [0.25, 0.3) is 10.4 Å². The molecule has 3 rings (SSSR count). The van der Waals surface area contributed by atoms with Crippen molar-refractivity contribution >= 4 is 43.8 Å². The van der Waals surface area contributed by atoms with Gasteiger partial charge < -0.3 is 10.1 Å². The van der Waals surface area contributed by atoms with Gasteiger partial charge in [0.2, 0.25) is 0 Å². The average molecular weight is 480 g/mol. The Bertz CT molecular complexity index is 1180. The van der Waals surface area contributed by atoms with E-state index >= 15 is 0 Å². The highest BCUT2D eigenvalue weighted by atomic mass is 35.5. The summed E-state index contributed by atoms with van der Waals surface area (Å²) < 4.78 is 34.2. The second-order valence-corrected chi connectivity index (χ2v) is 10.6. The van der Waals surface area contributed by atoms with Gasteiger partial charge in [-0.05, 0) is 55.7 Å². The van der Waals surface area contributed by atoms with E-state index in [1.54, 1.807) is 36.4 Å². The molecule has 0 aliphatic heterocycles. The summed E-state index contributed by atoms with van der Waals surface area (Å²) in [5.74, 6) is 0.707. The van der Waals surface area contributed by atoms with Crippen LogP contribution in [0.1, 0.15) is 26.5 Å². The third-order valence-corrected chi connectivity index (χ3v) is 7.84. The van der Waals surface area contributed by atoms with Crippen molar-refractivity contribution in [3.8, 4) is 16.2 Å². The highest BCUT2D eigenvalue weighted by Crippen LogP contribution is 2.37. The van der Waals surface area contributed by atoms with Gasteiger partial charge in [-0.1, -0.05) is 48.9 Å². The highest BCUT2D eigenvalue weighted by molar-refractivity contribution is 7.92. The normalized spacial score (nSPS) is 12.6. The number of anilines is 2. The van der Waals surface area contributed by atoms with Crippen LogP contribution in [0, 0.1) is 12.8 Å². The second-order valence-electron chi connectivity index (χ2n) is 7.56. The first-order valence-corrected chi connectivity index (χ1v) is 12.5. The van der Waals surface area contributed by atoms with E-state index in [1.807, 2.05) is 13.0 Å². The van der Waals surface area contributed by atoms with Crippen molar-refractivity contribution in [2.75, 3.05) is 17.1 Å². The summed E-state index contributed by atoms with van der Waals surface area (Å²) >= 11 is 7.63. The van der Waals surface area contributed by atoms with E-state index in [-0.39, 0.29) is 16.7 Å². The van der Waals surface area contributed by atoms with Crippen LogP contribution in [0.5, 0.6) is 5.75 Å². The molecule has 0 bridgehead atoms. The fourth-order valence-electron chi connectivity index (χ4n) is 2.86. The lowest BCUT2D eigenvalue weighted by Crippen LogP contribution is -2.21. The topological polar surface area (TPSA) is 80.3 Å². The number of nitrogens with zero attached hydrogens (tertiary/aromatic N) is 1. The van der Waals surface area contributed by atoms with Gasteiger partial charge >= 0.3 is 0 Å². The molecule has 0 radical (unpaired) electrons. The van der Waals surface area contributed by atoms with Gasteiger partial charge in [0.15, 0.2) is 5.13 Å². The third kappa shape index (κ3) is 5.31. The quantitative estimate of drug-likeness (QED) is 0.411. The van der Waals surface area contributed by atoms with Gasteiger partial charge in [0, 0.05) is 6.04 Å². The van der Waals surface area contributed by atoms with Crippen LogP contribution < -0.4 is 14.8 Å². The fraction of sp³-hybridized carbons (Fsp3) is 0.318. The maximum absolute atomic E-state index is 13.2. The molecule has 0 saturated carbocycles. The molecular weight excluding hydrogens is 454 g/mol. The van der Waals surface area contributed by atoms with E-state index in [4.69, 9.17) is 16.3 Å². The summed E-state index contributed by atoms with van der Waals surface area (Å²) in [7, 11) is -2.49. The number of aryl methyl sites for hydroxylation is 1. The number of para-hydroxylation sites is 1. The monoisotopic (exact) mass is 479 g/mol. The summed E-state index contributed by atoms with van der Waals surface area (Å²) in [5, 5.41) is 4.54. The summed E-state index contributed by atoms with van der Waals surface area (Å²) in [6.07, 6.45) is 0. The van der Waals surface area contributed by atoms with Gasteiger partial charge in [0.25, 0.3) is 10.0 Å². The smallest absolute Gasteiger partial charge is 0.265 e. The van der Waals surface area contributed by atoms with Gasteiger partial charge in [-0.2, -0.15) is 0 Å². The number of thiazole rings is 1. The molecule has 1 unspecified atom stereocenters. The van der Waals surface area contributed by atoms with Gasteiger partial charge in [-0.25, -0.2) is 13.4 Å². The van der Waals surface area contributed by atoms with Crippen molar-refractivity contribution in [3.05, 3.63) is 53.2 Å². The zero-order valence-corrected chi connectivity index (χ0v) is 20.5. The van der Waals surface area contributed by atoms with Crippen molar-refractivity contribution < 1.29 is 13.2 Å². The Morgan fingerprint density at radius 3 is 2.48 bits per heavy atom. The Balaban J connectivity index is 2.00. The number of hydrogen-bond acceptors (Lipinski definition) is 6. The maximum atomic E-state index is 13.2. The number of sulfonamides is 1. The van der Waals surface area contributed by atoms with Crippen LogP contribution in [0.4, 0.5) is 10.8 Å². The summed E-state index contributed by atoms with van der Waals surface area (Å²) in [6.45, 7) is 8.31. The van der Waals surface area contributed by atoms with Gasteiger partial charge in [0.1, 0.15) is 10.6 Å². The molecule has 0 spiro atoms. The van der Waals surface area contributed by atoms with E-state index in [2.05, 4.69) is 35.8 Å². The minimum Gasteiger partial charge on any atom is -0.495 e. The number of ether oxygens (including phenoxy) is 1. The Morgan fingerprint density at radius 1 is 1.13 bits per heavy atom. The first-order chi connectivity index (χ1) is 14.6. The zero-order chi connectivity index (χ0) is 22.8. The van der Waals surface area contributed by atoms with Gasteiger partial charge in [-0.3, -0.25) is 4.72 Å². The summed E-state index contributed by atoms with van der Waals surface area (Å²) in [5.41, 5.74) is 1.89. The fourth-order valence-corrected chi connectivity index (χ4v) is 5.43. The van der Waals surface area contributed by atoms with Crippen LogP contribution >= 0.6 is 22.9 Å². The molecule has 2 N–H and O–H groups in total. The molecule has 0 aliphatic carbocycles. The molecule has 3 aromatic rings. The minimum absolute atomic E-state index is 0.0327. The van der Waals surface area contributed by atoms with Crippen LogP contribution in [0.15, 0.2) is 47.4 Å². The predicted octanol–water partition coefficient (Wildman–Crippen LogP) is 6.04. The molecule has 1 heterocycles. The van der Waals surface area contributed by atoms with Crippen molar-refractivity contribution in [3.63, 3.8) is 0 Å². The maximum Gasteiger partial charge on any atom is 0.265 e. The lowest BCUT2D eigenvalue weighted by molar-refractivity contribution is 0.403. The molecule has 6 nitrogen and oxygen atoms in total. The van der Waals surface area contributed by atoms with Crippen LogP contribution in [-0.2, 0) is 10.0 Å². The highest BCUT2D eigenvalue weighted by Gasteiger charge is 2.23. The lowest BCUT2D eigenvalue weighted by Gasteiger charge is -2.16. The van der Waals surface area contributed by atoms with E-state index in [9.17, 15) is 8.42 Å². The van der Waals surface area contributed by atoms with Crippen LogP contribution in [0.2, 0.25) is 5.02 Å². The summed E-state index contributed by atoms with van der Waals surface area (Å²) in [4.78, 5) is 5.55. The first kappa shape index (κ1) is 23.4. The Morgan fingerprint density at radius 2 is 1.84 bits per heavy atom. The molecule has 166 valence electrons. The zero-order valence-electron chi connectivity index (χ0n) is 18.1. The molecule has 0 saturated heterocycles. The molecule has 1 atom stereocenters. The minimum atomic E-state index is -3.94. The number of halogens is 1. The van der Waals surface area contributed by atoms with Crippen LogP contribution in [-0.4, -0.2) is 26.6 Å². The van der Waals surface area contributed by atoms with E-state index in [1.165, 1.54) is 18.4 Å². The number of nitrogens with one attached hydrogen (secondary N) is 2. The number of methoxy groups -OCH3 is 1. The third-order valence-electron chi connectivity index (χ3n) is 4.98. The van der Waals surface area contributed by atoms with Crippen molar-refractivity contribution in [1.82, 2.24) is 4.98 Å². The lowest BCUT2D eigenvalue weighted by atomic mass is 10.1. The van der Waals surface area contributed by atoms with Crippen LogP contribution in [0.3, 0.4) is 0 Å². The Labute approximate surface area is 192 Å². The number of benzene rings is 2. The second kappa shape index (κ2) is 9.46. The standard InChI is InChI=1S/C22H26ClN3O3S2/c1-13(2)14(3)24-22-25-15(4)21(30-22)16-10-11-19(29-5)20(12-16)31(27,28)26-18-9-7-6-8-17(18)23/h6-14,26H,1-5H3,(H,24,25). The van der Waals surface area contributed by atoms with Crippen molar-refractivity contribution in [1.29, 1.82) is 0 Å².